The molecule has 2 fully saturated rings. The van der Waals surface area contributed by atoms with Crippen molar-refractivity contribution in [3.63, 3.8) is 0 Å². The number of hydroxylamine groups is 1. The van der Waals surface area contributed by atoms with E-state index in [1.165, 1.54) is 28.9 Å². The molecule has 2 saturated heterocycles. The van der Waals surface area contributed by atoms with Crippen molar-refractivity contribution in [3.05, 3.63) is 54.0 Å². The number of carbonyl (C=O) groups is 4. The molecule has 2 aromatic heterocycles. The molecule has 0 bridgehead atoms. The summed E-state index contributed by atoms with van der Waals surface area (Å²) in [6.07, 6.45) is 1.13. The van der Waals surface area contributed by atoms with E-state index in [-0.39, 0.29) is 24.8 Å². The second-order valence-electron chi connectivity index (χ2n) is 12.8. The molecule has 1 amide bonds. The number of amides is 1. The number of aromatic nitrogens is 3. The van der Waals surface area contributed by atoms with Gasteiger partial charge in [0.25, 0.3) is 5.91 Å². The minimum atomic E-state index is -1.39. The van der Waals surface area contributed by atoms with Crippen molar-refractivity contribution in [3.8, 4) is 0 Å². The summed E-state index contributed by atoms with van der Waals surface area (Å²) in [7, 11) is 2.07. The topological polar surface area (TPSA) is 172 Å². The van der Waals surface area contributed by atoms with Crippen LogP contribution in [0.1, 0.15) is 75.7 Å². The number of esters is 3. The smallest absolute Gasteiger partial charge is 0.306 e. The predicted molar refractivity (Wildman–Crippen MR) is 185 cm³/mol. The Morgan fingerprint density at radius 2 is 1.49 bits per heavy atom. The Morgan fingerprint density at radius 3 is 2.14 bits per heavy atom. The summed E-state index contributed by atoms with van der Waals surface area (Å²) in [4.78, 5) is 66.5. The Morgan fingerprint density at radius 1 is 0.882 bits per heavy atom. The van der Waals surface area contributed by atoms with Crippen molar-refractivity contribution in [1.29, 1.82) is 0 Å². The van der Waals surface area contributed by atoms with Crippen molar-refractivity contribution in [2.75, 3.05) is 24.5 Å². The first-order chi connectivity index (χ1) is 24.6. The van der Waals surface area contributed by atoms with E-state index < -0.39 is 54.5 Å². The van der Waals surface area contributed by atoms with Crippen molar-refractivity contribution >= 4 is 40.7 Å². The number of benzene rings is 1. The SMILES string of the molecule is CCC(=O)O[C@H]1[C@H](OC(=O)CC)[C@H](ONC(=O)c2cnc(N3CCC(CNCc4cn(C)c5ccccc45)CC3)nc2)O[C@@H](C)[C@H]1OC(=O)CC. The van der Waals surface area contributed by atoms with Crippen LogP contribution in [0.15, 0.2) is 42.9 Å². The molecule has 3 aromatic rings. The number of ether oxygens (including phenoxy) is 4. The van der Waals surface area contributed by atoms with E-state index in [1.54, 1.807) is 27.7 Å². The van der Waals surface area contributed by atoms with Crippen LogP contribution in [0.5, 0.6) is 0 Å². The molecule has 0 aliphatic carbocycles. The summed E-state index contributed by atoms with van der Waals surface area (Å²) >= 11 is 0. The van der Waals surface area contributed by atoms with Crippen LogP contribution in [-0.4, -0.2) is 88.7 Å². The second-order valence-corrected chi connectivity index (χ2v) is 12.8. The fraction of sp³-hybridized carbons (Fsp3) is 0.556. The molecule has 51 heavy (non-hydrogen) atoms. The van der Waals surface area contributed by atoms with Crippen molar-refractivity contribution in [2.45, 2.75) is 97.0 Å². The van der Waals surface area contributed by atoms with Gasteiger partial charge in [0.05, 0.1) is 11.7 Å². The number of nitrogens with zero attached hydrogens (tertiary/aromatic N) is 4. The fourth-order valence-electron chi connectivity index (χ4n) is 6.28. The summed E-state index contributed by atoms with van der Waals surface area (Å²) < 4.78 is 24.7. The number of para-hydroxylation sites is 1. The van der Waals surface area contributed by atoms with Crippen LogP contribution in [0.3, 0.4) is 0 Å². The van der Waals surface area contributed by atoms with Crippen LogP contribution >= 0.6 is 0 Å². The predicted octanol–water partition coefficient (Wildman–Crippen LogP) is 3.35. The third kappa shape index (κ3) is 9.40. The highest BCUT2D eigenvalue weighted by Crippen LogP contribution is 2.30. The van der Waals surface area contributed by atoms with E-state index in [1.807, 2.05) is 0 Å². The average molecular weight is 709 g/mol. The molecular formula is C36H48N6O9. The Hall–Kier alpha value is -4.60. The number of rotatable bonds is 14. The summed E-state index contributed by atoms with van der Waals surface area (Å²) in [6, 6.07) is 8.42. The van der Waals surface area contributed by atoms with Gasteiger partial charge in [-0.3, -0.25) is 19.2 Å². The summed E-state index contributed by atoms with van der Waals surface area (Å²) in [5.41, 5.74) is 4.95. The van der Waals surface area contributed by atoms with E-state index in [0.717, 1.165) is 39.0 Å². The number of aryl methyl sites for hydroxylation is 1. The van der Waals surface area contributed by atoms with Gasteiger partial charge in [-0.05, 0) is 43.9 Å². The molecular weight excluding hydrogens is 660 g/mol. The molecule has 0 unspecified atom stereocenters. The minimum absolute atomic E-state index is 0.00311. The first-order valence-corrected chi connectivity index (χ1v) is 17.6. The summed E-state index contributed by atoms with van der Waals surface area (Å²) in [6.45, 7) is 9.72. The lowest BCUT2D eigenvalue weighted by atomic mass is 9.97. The number of piperidine rings is 1. The summed E-state index contributed by atoms with van der Waals surface area (Å²) in [5.74, 6) is -1.42. The lowest BCUT2D eigenvalue weighted by molar-refractivity contribution is -0.310. The van der Waals surface area contributed by atoms with Crippen molar-refractivity contribution < 1.29 is 43.0 Å². The first kappa shape index (κ1) is 37.7. The Kier molecular flexibility index (Phi) is 13.0. The van der Waals surface area contributed by atoms with E-state index in [4.69, 9.17) is 23.8 Å². The maximum absolute atomic E-state index is 13.1. The molecule has 4 heterocycles. The van der Waals surface area contributed by atoms with Crippen molar-refractivity contribution in [1.82, 2.24) is 25.3 Å². The van der Waals surface area contributed by atoms with Crippen LogP contribution in [0.25, 0.3) is 10.9 Å². The number of hydrogen-bond acceptors (Lipinski definition) is 13. The van der Waals surface area contributed by atoms with Gasteiger partial charge in [-0.2, -0.15) is 0 Å². The monoisotopic (exact) mass is 708 g/mol. The molecule has 15 nitrogen and oxygen atoms in total. The number of fused-ring (bicyclic) bond motifs is 1. The van der Waals surface area contributed by atoms with Crippen LogP contribution in [0.2, 0.25) is 0 Å². The zero-order valence-corrected chi connectivity index (χ0v) is 29.8. The largest absolute Gasteiger partial charge is 0.455 e. The van der Waals surface area contributed by atoms with E-state index in [0.29, 0.717) is 11.9 Å². The molecule has 2 aliphatic heterocycles. The van der Waals surface area contributed by atoms with Gasteiger partial charge in [0.15, 0.2) is 18.3 Å². The Balaban J connectivity index is 1.14. The zero-order valence-electron chi connectivity index (χ0n) is 29.8. The highest BCUT2D eigenvalue weighted by Gasteiger charge is 2.52. The van der Waals surface area contributed by atoms with Gasteiger partial charge in [-0.15, -0.1) is 0 Å². The second kappa shape index (κ2) is 17.6. The molecule has 0 saturated carbocycles. The fourth-order valence-corrected chi connectivity index (χ4v) is 6.28. The molecule has 5 rings (SSSR count). The van der Waals surface area contributed by atoms with E-state index in [2.05, 4.69) is 67.7 Å². The third-order valence-corrected chi connectivity index (χ3v) is 9.19. The third-order valence-electron chi connectivity index (χ3n) is 9.19. The Bertz CT molecular complexity index is 1660. The zero-order chi connectivity index (χ0) is 36.5. The number of nitrogens with one attached hydrogen (secondary N) is 2. The van der Waals surface area contributed by atoms with E-state index in [9.17, 15) is 19.2 Å². The summed E-state index contributed by atoms with van der Waals surface area (Å²) in [5, 5.41) is 4.91. The first-order valence-electron chi connectivity index (χ1n) is 17.6. The molecule has 15 heteroatoms. The normalized spacial score (nSPS) is 22.4. The van der Waals surface area contributed by atoms with Gasteiger partial charge < -0.3 is 33.7 Å². The van der Waals surface area contributed by atoms with Crippen LogP contribution in [-0.2, 0) is 51.8 Å². The number of hydrogen-bond donors (Lipinski definition) is 2. The molecule has 276 valence electrons. The number of carbonyl (C=O) groups excluding carboxylic acids is 4. The molecule has 2 aliphatic rings. The van der Waals surface area contributed by atoms with Crippen LogP contribution in [0.4, 0.5) is 5.95 Å². The van der Waals surface area contributed by atoms with Crippen LogP contribution < -0.4 is 15.7 Å². The minimum Gasteiger partial charge on any atom is -0.455 e. The highest BCUT2D eigenvalue weighted by atomic mass is 16.8. The van der Waals surface area contributed by atoms with Crippen molar-refractivity contribution in [2.24, 2.45) is 13.0 Å². The van der Waals surface area contributed by atoms with Gasteiger partial charge in [0, 0.05) is 75.4 Å². The molecule has 0 radical (unpaired) electrons. The van der Waals surface area contributed by atoms with Gasteiger partial charge in [-0.25, -0.2) is 20.3 Å². The van der Waals surface area contributed by atoms with E-state index >= 15 is 0 Å². The average Bonchev–Trinajstić information content (AvgIpc) is 3.47. The van der Waals surface area contributed by atoms with Crippen LogP contribution in [0, 0.1) is 5.92 Å². The standard InChI is InChI=1S/C36H48N6O9/c1-6-28(43)48-31-22(4)47-35(33(50-30(45)8-3)32(31)49-29(44)7-2)51-40-34(46)24-19-38-36(39-20-24)42-15-13-23(14-16-42)17-37-18-25-21-41(5)27-12-10-9-11-26(25)27/h9-12,19-23,31-33,35,37H,6-8,13-18H2,1-5H3,(H,40,46)/t22-,31+,32+,33-,35-/m0/s1. The van der Waals surface area contributed by atoms with Gasteiger partial charge >= 0.3 is 17.9 Å². The highest BCUT2D eigenvalue weighted by molar-refractivity contribution is 5.92. The Labute approximate surface area is 297 Å². The lowest BCUT2D eigenvalue weighted by Crippen LogP contribution is -2.62. The quantitative estimate of drug-likeness (QED) is 0.142. The van der Waals surface area contributed by atoms with Gasteiger partial charge in [-0.1, -0.05) is 39.0 Å². The van der Waals surface area contributed by atoms with Gasteiger partial charge in [0.1, 0.15) is 0 Å². The maximum atomic E-state index is 13.1. The van der Waals surface area contributed by atoms with Gasteiger partial charge in [0.2, 0.25) is 12.2 Å². The number of anilines is 1. The lowest BCUT2D eigenvalue weighted by Gasteiger charge is -2.43. The molecule has 2 N–H and O–H groups in total. The molecule has 0 spiro atoms. The molecule has 5 atom stereocenters. The molecule has 1 aromatic carbocycles. The maximum Gasteiger partial charge on any atom is 0.306 e.